The second-order valence-corrected chi connectivity index (χ2v) is 5.86. The normalized spacial score (nSPS) is 18.3. The summed E-state index contributed by atoms with van der Waals surface area (Å²) >= 11 is 0. The Bertz CT molecular complexity index is 411. The van der Waals surface area contributed by atoms with Gasteiger partial charge in [0.15, 0.2) is 0 Å². The number of hydrogen-bond acceptors (Lipinski definition) is 2. The van der Waals surface area contributed by atoms with Crippen LogP contribution in [0.1, 0.15) is 44.6 Å². The van der Waals surface area contributed by atoms with Crippen LogP contribution in [0.25, 0.3) is 0 Å². The molecule has 1 aromatic rings. The smallest absolute Gasteiger partial charge is 0.123 e. The summed E-state index contributed by atoms with van der Waals surface area (Å²) in [6, 6.07) is 5.74. The van der Waals surface area contributed by atoms with E-state index in [0.29, 0.717) is 6.04 Å². The van der Waals surface area contributed by atoms with E-state index in [1.807, 2.05) is 13.0 Å². The minimum Gasteiger partial charge on any atom is -0.371 e. The maximum atomic E-state index is 13.4. The van der Waals surface area contributed by atoms with Crippen molar-refractivity contribution in [3.63, 3.8) is 0 Å². The molecular weight excluding hydrogens is 239 g/mol. The Morgan fingerprint density at radius 2 is 2.00 bits per heavy atom. The van der Waals surface area contributed by atoms with Crippen molar-refractivity contribution in [3.05, 3.63) is 29.6 Å². The molecule has 0 saturated heterocycles. The lowest BCUT2D eigenvalue weighted by Crippen LogP contribution is -2.34. The molecule has 0 bridgehead atoms. The minimum atomic E-state index is -0.170. The maximum Gasteiger partial charge on any atom is 0.123 e. The van der Waals surface area contributed by atoms with Gasteiger partial charge in [-0.3, -0.25) is 0 Å². The molecule has 0 spiro atoms. The van der Waals surface area contributed by atoms with Crippen LogP contribution in [0, 0.1) is 5.82 Å². The van der Waals surface area contributed by atoms with Gasteiger partial charge in [-0.25, -0.2) is 4.39 Å². The van der Waals surface area contributed by atoms with Crippen LogP contribution in [0.15, 0.2) is 18.2 Å². The highest BCUT2D eigenvalue weighted by Crippen LogP contribution is 2.29. The molecule has 1 aromatic carbocycles. The molecule has 0 heterocycles. The SMILES string of the molecule is CC(N)Cc1cc(F)ccc1N(C)C1CCCCC1. The first-order valence-electron chi connectivity index (χ1n) is 7.35. The number of nitrogens with two attached hydrogens (primary N) is 1. The van der Waals surface area contributed by atoms with Gasteiger partial charge >= 0.3 is 0 Å². The molecule has 106 valence electrons. The summed E-state index contributed by atoms with van der Waals surface area (Å²) in [5.41, 5.74) is 8.06. The standard InChI is InChI=1S/C16H25FN2/c1-12(18)10-13-11-14(17)8-9-16(13)19(2)15-6-4-3-5-7-15/h8-9,11-12,15H,3-7,10,18H2,1-2H3. The number of hydrogen-bond donors (Lipinski definition) is 1. The zero-order valence-corrected chi connectivity index (χ0v) is 12.0. The maximum absolute atomic E-state index is 13.4. The van der Waals surface area contributed by atoms with E-state index in [2.05, 4.69) is 11.9 Å². The molecule has 2 N–H and O–H groups in total. The number of anilines is 1. The fourth-order valence-corrected chi connectivity index (χ4v) is 3.07. The van der Waals surface area contributed by atoms with Crippen molar-refractivity contribution >= 4 is 5.69 Å². The first-order chi connectivity index (χ1) is 9.08. The molecule has 0 radical (unpaired) electrons. The lowest BCUT2D eigenvalue weighted by atomic mass is 9.93. The van der Waals surface area contributed by atoms with Gasteiger partial charge in [0, 0.05) is 24.8 Å². The third-order valence-electron chi connectivity index (χ3n) is 4.09. The van der Waals surface area contributed by atoms with Crippen molar-refractivity contribution in [1.82, 2.24) is 0 Å². The molecule has 0 aliphatic heterocycles. The van der Waals surface area contributed by atoms with Crippen LogP contribution >= 0.6 is 0 Å². The zero-order chi connectivity index (χ0) is 13.8. The Morgan fingerprint density at radius 1 is 1.32 bits per heavy atom. The van der Waals surface area contributed by atoms with Gasteiger partial charge in [-0.1, -0.05) is 19.3 Å². The Kier molecular flexibility index (Phi) is 4.81. The van der Waals surface area contributed by atoms with E-state index in [1.54, 1.807) is 12.1 Å². The summed E-state index contributed by atoms with van der Waals surface area (Å²) in [5.74, 6) is -0.170. The van der Waals surface area contributed by atoms with E-state index in [-0.39, 0.29) is 11.9 Å². The van der Waals surface area contributed by atoms with Crippen molar-refractivity contribution in [2.75, 3.05) is 11.9 Å². The largest absolute Gasteiger partial charge is 0.371 e. The molecule has 2 rings (SSSR count). The van der Waals surface area contributed by atoms with Gasteiger partial charge in [0.05, 0.1) is 0 Å². The van der Waals surface area contributed by atoms with Crippen LogP contribution in [0.4, 0.5) is 10.1 Å². The Morgan fingerprint density at radius 3 is 2.63 bits per heavy atom. The number of benzene rings is 1. The molecule has 19 heavy (non-hydrogen) atoms. The number of nitrogens with zero attached hydrogens (tertiary/aromatic N) is 1. The molecule has 2 nitrogen and oxygen atoms in total. The van der Waals surface area contributed by atoms with E-state index < -0.39 is 0 Å². The molecule has 1 unspecified atom stereocenters. The van der Waals surface area contributed by atoms with Crippen molar-refractivity contribution in [3.8, 4) is 0 Å². The third kappa shape index (κ3) is 3.69. The van der Waals surface area contributed by atoms with Crippen molar-refractivity contribution in [1.29, 1.82) is 0 Å². The fraction of sp³-hybridized carbons (Fsp3) is 0.625. The summed E-state index contributed by atoms with van der Waals surface area (Å²) < 4.78 is 13.4. The summed E-state index contributed by atoms with van der Waals surface area (Å²) in [4.78, 5) is 2.33. The minimum absolute atomic E-state index is 0.0558. The molecule has 0 amide bonds. The molecule has 0 aromatic heterocycles. The number of rotatable bonds is 4. The van der Waals surface area contributed by atoms with E-state index >= 15 is 0 Å². The third-order valence-corrected chi connectivity index (χ3v) is 4.09. The summed E-state index contributed by atoms with van der Waals surface area (Å²) in [6.07, 6.45) is 7.17. The van der Waals surface area contributed by atoms with Crippen LogP contribution < -0.4 is 10.6 Å². The highest BCUT2D eigenvalue weighted by Gasteiger charge is 2.20. The van der Waals surface area contributed by atoms with Crippen LogP contribution in [-0.4, -0.2) is 19.1 Å². The van der Waals surface area contributed by atoms with Gasteiger partial charge in [-0.15, -0.1) is 0 Å². The Balaban J connectivity index is 2.21. The van der Waals surface area contributed by atoms with Gasteiger partial charge < -0.3 is 10.6 Å². The fourth-order valence-electron chi connectivity index (χ4n) is 3.07. The lowest BCUT2D eigenvalue weighted by Gasteiger charge is -2.34. The van der Waals surface area contributed by atoms with E-state index in [1.165, 1.54) is 32.1 Å². The molecule has 1 atom stereocenters. The van der Waals surface area contributed by atoms with Gasteiger partial charge in [0.25, 0.3) is 0 Å². The summed E-state index contributed by atoms with van der Waals surface area (Å²) in [7, 11) is 2.13. The van der Waals surface area contributed by atoms with E-state index in [0.717, 1.165) is 17.7 Å². The Hall–Kier alpha value is -1.09. The van der Waals surface area contributed by atoms with Crippen LogP contribution in [0.5, 0.6) is 0 Å². The Labute approximate surface area is 115 Å². The van der Waals surface area contributed by atoms with Crippen LogP contribution in [0.2, 0.25) is 0 Å². The predicted octanol–water partition coefficient (Wildman–Crippen LogP) is 3.48. The molecule has 3 heteroatoms. The first kappa shape index (κ1) is 14.3. The second-order valence-electron chi connectivity index (χ2n) is 5.86. The second kappa shape index (κ2) is 6.38. The molecular formula is C16H25FN2. The van der Waals surface area contributed by atoms with E-state index in [9.17, 15) is 4.39 Å². The van der Waals surface area contributed by atoms with Gasteiger partial charge in [-0.05, 0) is 49.9 Å². The van der Waals surface area contributed by atoms with Crippen molar-refractivity contribution in [2.24, 2.45) is 5.73 Å². The molecule has 1 saturated carbocycles. The van der Waals surface area contributed by atoms with Crippen LogP contribution in [0.3, 0.4) is 0 Å². The van der Waals surface area contributed by atoms with Gasteiger partial charge in [0.2, 0.25) is 0 Å². The predicted molar refractivity (Wildman–Crippen MR) is 79.0 cm³/mol. The average Bonchev–Trinajstić information content (AvgIpc) is 2.38. The average molecular weight is 264 g/mol. The van der Waals surface area contributed by atoms with E-state index in [4.69, 9.17) is 5.73 Å². The van der Waals surface area contributed by atoms with Gasteiger partial charge in [-0.2, -0.15) is 0 Å². The quantitative estimate of drug-likeness (QED) is 0.902. The van der Waals surface area contributed by atoms with Gasteiger partial charge in [0.1, 0.15) is 5.82 Å². The lowest BCUT2D eigenvalue weighted by molar-refractivity contribution is 0.427. The molecule has 1 fully saturated rings. The zero-order valence-electron chi connectivity index (χ0n) is 12.0. The monoisotopic (exact) mass is 264 g/mol. The highest BCUT2D eigenvalue weighted by atomic mass is 19.1. The number of halogens is 1. The first-order valence-corrected chi connectivity index (χ1v) is 7.35. The topological polar surface area (TPSA) is 29.3 Å². The van der Waals surface area contributed by atoms with Crippen molar-refractivity contribution < 1.29 is 4.39 Å². The van der Waals surface area contributed by atoms with Crippen molar-refractivity contribution in [2.45, 2.75) is 57.5 Å². The molecule has 1 aliphatic carbocycles. The summed E-state index contributed by atoms with van der Waals surface area (Å²) in [5, 5.41) is 0. The molecule has 1 aliphatic rings. The highest BCUT2D eigenvalue weighted by molar-refractivity contribution is 5.54. The van der Waals surface area contributed by atoms with Crippen LogP contribution in [-0.2, 0) is 6.42 Å². The summed E-state index contributed by atoms with van der Waals surface area (Å²) in [6.45, 7) is 1.97.